The Bertz CT molecular complexity index is 1200. The van der Waals surface area contributed by atoms with Crippen molar-refractivity contribution in [2.24, 2.45) is 10.9 Å². The zero-order valence-electron chi connectivity index (χ0n) is 23.1. The second-order valence-corrected chi connectivity index (χ2v) is 11.1. The molecule has 1 fully saturated rings. The number of carbonyl (C=O) groups is 1. The lowest BCUT2D eigenvalue weighted by Gasteiger charge is -2.41. The van der Waals surface area contributed by atoms with Gasteiger partial charge in [-0.3, -0.25) is 10.1 Å². The Kier molecular flexibility index (Phi) is 9.64. The Labute approximate surface area is 238 Å². The molecule has 1 aliphatic carbocycles. The molecule has 4 rings (SSSR count). The molecule has 2 aromatic rings. The van der Waals surface area contributed by atoms with Crippen molar-refractivity contribution in [2.75, 3.05) is 25.8 Å². The molecule has 0 aromatic heterocycles. The fourth-order valence-corrected chi connectivity index (χ4v) is 5.79. The highest BCUT2D eigenvalue weighted by Crippen LogP contribution is 2.46. The maximum atomic E-state index is 13.6. The van der Waals surface area contributed by atoms with E-state index in [2.05, 4.69) is 16.1 Å². The van der Waals surface area contributed by atoms with Gasteiger partial charge in [-0.25, -0.2) is 10.4 Å². The van der Waals surface area contributed by atoms with Crippen LogP contribution in [-0.4, -0.2) is 38.7 Å². The highest BCUT2D eigenvalue weighted by atomic mass is 35.5. The molecule has 7 nitrogen and oxygen atoms in total. The van der Waals surface area contributed by atoms with Gasteiger partial charge < -0.3 is 15.1 Å². The minimum Gasteiger partial charge on any atom is -0.382 e. The number of amides is 1. The number of hydrogen-bond acceptors (Lipinski definition) is 5. The van der Waals surface area contributed by atoms with Crippen molar-refractivity contribution in [1.29, 1.82) is 0 Å². The van der Waals surface area contributed by atoms with Crippen LogP contribution >= 0.6 is 11.6 Å². The van der Waals surface area contributed by atoms with Gasteiger partial charge >= 0.3 is 6.18 Å². The van der Waals surface area contributed by atoms with Gasteiger partial charge in [0.05, 0.1) is 23.9 Å². The number of rotatable bonds is 6. The van der Waals surface area contributed by atoms with Gasteiger partial charge in [-0.1, -0.05) is 49.8 Å². The Balaban J connectivity index is 1.78. The largest absolute Gasteiger partial charge is 0.416 e. The first-order valence-electron chi connectivity index (χ1n) is 13.7. The van der Waals surface area contributed by atoms with Crippen LogP contribution in [0.3, 0.4) is 0 Å². The molecule has 0 saturated heterocycles. The van der Waals surface area contributed by atoms with E-state index in [1.165, 1.54) is 18.6 Å². The summed E-state index contributed by atoms with van der Waals surface area (Å²) in [5, 5.41) is 8.54. The number of methoxy groups -OCH3 is 1. The van der Waals surface area contributed by atoms with E-state index in [4.69, 9.17) is 21.3 Å². The molecule has 11 heteroatoms. The molecule has 0 spiro atoms. The summed E-state index contributed by atoms with van der Waals surface area (Å²) in [6, 6.07) is 10.0. The van der Waals surface area contributed by atoms with Gasteiger partial charge in [0.15, 0.2) is 5.96 Å². The second-order valence-electron chi connectivity index (χ2n) is 10.6. The van der Waals surface area contributed by atoms with E-state index in [0.717, 1.165) is 44.6 Å². The van der Waals surface area contributed by atoms with Gasteiger partial charge in [-0.05, 0) is 56.2 Å². The van der Waals surface area contributed by atoms with Crippen LogP contribution in [0.1, 0.15) is 73.4 Å². The number of ether oxygens (including phenoxy) is 1. The van der Waals surface area contributed by atoms with Crippen LogP contribution in [0, 0.1) is 5.92 Å². The predicted molar refractivity (Wildman–Crippen MR) is 151 cm³/mol. The molecule has 1 aliphatic heterocycles. The third-order valence-corrected chi connectivity index (χ3v) is 7.84. The maximum Gasteiger partial charge on any atom is 0.416 e. The third kappa shape index (κ3) is 6.90. The average molecular weight is 580 g/mol. The molecule has 2 atom stereocenters. The number of halogens is 4. The van der Waals surface area contributed by atoms with E-state index in [9.17, 15) is 18.0 Å². The van der Waals surface area contributed by atoms with Gasteiger partial charge in [0.25, 0.3) is 5.91 Å². The molecule has 218 valence electrons. The first kappa shape index (κ1) is 30.1. The standard InChI is InChI=1S/C29H37ClF3N5O2/c1-19(18-40-3)34-27(35-26(39)20-11-14-23(30)15-12-20)36-28(21-9-7-5-4-6-8-10-21)24-16-13-22(29(31,32)33)17-25(24)38(2)37-28/h11-17,19,21,37H,4-10,18H2,1-3H3,(H2,34,35,36,39)/t19-,28?/m0/s1. The highest BCUT2D eigenvalue weighted by molar-refractivity contribution is 6.30. The molecule has 1 heterocycles. The smallest absolute Gasteiger partial charge is 0.382 e. The number of fused-ring (bicyclic) bond motifs is 1. The minimum absolute atomic E-state index is 0.0172. The number of hydrogen-bond donors (Lipinski definition) is 3. The van der Waals surface area contributed by atoms with Crippen molar-refractivity contribution in [3.05, 3.63) is 64.2 Å². The van der Waals surface area contributed by atoms with E-state index in [1.807, 2.05) is 6.92 Å². The highest BCUT2D eigenvalue weighted by Gasteiger charge is 2.49. The molecule has 2 aromatic carbocycles. The molecule has 1 saturated carbocycles. The number of aliphatic imine (C=N–C) groups is 1. The number of hydrazine groups is 1. The van der Waals surface area contributed by atoms with Crippen LogP contribution in [0.2, 0.25) is 5.02 Å². The molecule has 2 aliphatic rings. The van der Waals surface area contributed by atoms with E-state index in [-0.39, 0.29) is 23.8 Å². The number of alkyl halides is 3. The summed E-state index contributed by atoms with van der Waals surface area (Å²) in [4.78, 5) is 18.0. The van der Waals surface area contributed by atoms with Crippen LogP contribution in [-0.2, 0) is 16.6 Å². The summed E-state index contributed by atoms with van der Waals surface area (Å²) in [6.45, 7) is 2.18. The maximum absolute atomic E-state index is 13.6. The molecule has 3 N–H and O–H groups in total. The normalized spacial score (nSPS) is 21.4. The summed E-state index contributed by atoms with van der Waals surface area (Å²) in [6.07, 6.45) is 2.62. The fourth-order valence-electron chi connectivity index (χ4n) is 5.66. The van der Waals surface area contributed by atoms with Crippen LogP contribution in [0.15, 0.2) is 47.5 Å². The number of guanidine groups is 1. The lowest BCUT2D eigenvalue weighted by molar-refractivity contribution is -0.137. The molecule has 0 radical (unpaired) electrons. The van der Waals surface area contributed by atoms with Crippen molar-refractivity contribution in [3.8, 4) is 0 Å². The lowest BCUT2D eigenvalue weighted by Crippen LogP contribution is -2.63. The first-order chi connectivity index (χ1) is 19.0. The summed E-state index contributed by atoms with van der Waals surface area (Å²) in [5.74, 6) is -0.164. The van der Waals surface area contributed by atoms with Crippen molar-refractivity contribution in [1.82, 2.24) is 16.1 Å². The van der Waals surface area contributed by atoms with Crippen molar-refractivity contribution >= 4 is 29.2 Å². The molecule has 1 amide bonds. The van der Waals surface area contributed by atoms with Gasteiger partial charge in [-0.15, -0.1) is 0 Å². The number of anilines is 1. The van der Waals surface area contributed by atoms with E-state index in [0.29, 0.717) is 28.4 Å². The minimum atomic E-state index is -4.47. The van der Waals surface area contributed by atoms with Crippen molar-refractivity contribution < 1.29 is 22.7 Å². The van der Waals surface area contributed by atoms with Gasteiger partial charge in [0.2, 0.25) is 0 Å². The van der Waals surface area contributed by atoms with E-state index < -0.39 is 17.4 Å². The Morgan fingerprint density at radius 3 is 2.42 bits per heavy atom. The third-order valence-electron chi connectivity index (χ3n) is 7.58. The Morgan fingerprint density at radius 2 is 1.80 bits per heavy atom. The topological polar surface area (TPSA) is 78.0 Å². The van der Waals surface area contributed by atoms with Crippen molar-refractivity contribution in [3.63, 3.8) is 0 Å². The summed E-state index contributed by atoms with van der Waals surface area (Å²) >= 11 is 6.00. The molecule has 1 unspecified atom stereocenters. The number of nitrogens with one attached hydrogen (secondary N) is 3. The van der Waals surface area contributed by atoms with Crippen molar-refractivity contribution in [2.45, 2.75) is 69.8 Å². The lowest BCUT2D eigenvalue weighted by atomic mass is 9.78. The van der Waals surface area contributed by atoms with E-state index >= 15 is 0 Å². The average Bonchev–Trinajstić information content (AvgIpc) is 3.15. The zero-order valence-corrected chi connectivity index (χ0v) is 23.8. The summed E-state index contributed by atoms with van der Waals surface area (Å²) in [7, 11) is 3.28. The Hall–Kier alpha value is -2.82. The van der Waals surface area contributed by atoms with Crippen LogP contribution in [0.4, 0.5) is 18.9 Å². The SMILES string of the molecule is COC[C@H](C)N=C(NC(=O)c1ccc(Cl)cc1)NC1(C2CCCCCCC2)NN(C)c2cc(C(F)(F)F)ccc21. The number of nitrogens with zero attached hydrogens (tertiary/aromatic N) is 2. The summed E-state index contributed by atoms with van der Waals surface area (Å²) < 4.78 is 46.2. The molecular formula is C29H37ClF3N5O2. The quantitative estimate of drug-likeness (QED) is 0.279. The first-order valence-corrected chi connectivity index (χ1v) is 14.1. The predicted octanol–water partition coefficient (Wildman–Crippen LogP) is 6.24. The number of benzene rings is 2. The molecule has 40 heavy (non-hydrogen) atoms. The van der Waals surface area contributed by atoms with Crippen LogP contribution in [0.25, 0.3) is 0 Å². The van der Waals surface area contributed by atoms with Gasteiger partial charge in [0, 0.05) is 36.2 Å². The summed E-state index contributed by atoms with van der Waals surface area (Å²) in [5.41, 5.74) is 3.25. The van der Waals surface area contributed by atoms with Gasteiger partial charge in [0.1, 0.15) is 5.66 Å². The zero-order chi connectivity index (χ0) is 28.9. The van der Waals surface area contributed by atoms with Gasteiger partial charge in [-0.2, -0.15) is 13.2 Å². The van der Waals surface area contributed by atoms with Crippen LogP contribution in [0.5, 0.6) is 0 Å². The Morgan fingerprint density at radius 1 is 1.15 bits per heavy atom. The van der Waals surface area contributed by atoms with Crippen LogP contribution < -0.4 is 21.1 Å². The fraction of sp³-hybridized carbons (Fsp3) is 0.517. The monoisotopic (exact) mass is 579 g/mol. The molecule has 0 bridgehead atoms. The number of carbonyl (C=O) groups excluding carboxylic acids is 1. The molecular weight excluding hydrogens is 543 g/mol. The second kappa shape index (κ2) is 12.8. The van der Waals surface area contributed by atoms with E-state index in [1.54, 1.807) is 43.4 Å².